The summed E-state index contributed by atoms with van der Waals surface area (Å²) in [6.45, 7) is 2.57. The number of carbonyl (C=O) groups is 2. The number of nitrogens with one attached hydrogen (secondary N) is 1. The van der Waals surface area contributed by atoms with Crippen molar-refractivity contribution in [1.29, 1.82) is 0 Å². The summed E-state index contributed by atoms with van der Waals surface area (Å²) in [5.74, 6) is -0.00564. The maximum Gasteiger partial charge on any atom is 0.254 e. The molecule has 5 heteroatoms. The molecule has 5 nitrogen and oxygen atoms in total. The molecule has 2 rings (SSSR count). The number of hydrogen-bond donors (Lipinski definition) is 1. The van der Waals surface area contributed by atoms with Gasteiger partial charge in [0.15, 0.2) is 6.29 Å². The summed E-state index contributed by atoms with van der Waals surface area (Å²) in [7, 11) is 1.73. The number of rotatable bonds is 5. The molecule has 1 aromatic heterocycles. The van der Waals surface area contributed by atoms with E-state index in [1.54, 1.807) is 48.7 Å². The zero-order chi connectivity index (χ0) is 14.5. The lowest BCUT2D eigenvalue weighted by Gasteiger charge is -2.21. The minimum absolute atomic E-state index is 0.148. The van der Waals surface area contributed by atoms with Gasteiger partial charge in [0.1, 0.15) is 0 Å². The smallest absolute Gasteiger partial charge is 0.254 e. The van der Waals surface area contributed by atoms with E-state index in [4.69, 9.17) is 0 Å². The largest absolute Gasteiger partial charge is 0.348 e. The van der Waals surface area contributed by atoms with Crippen LogP contribution >= 0.6 is 0 Å². The van der Waals surface area contributed by atoms with Crippen LogP contribution in [0.2, 0.25) is 0 Å². The van der Waals surface area contributed by atoms with Crippen LogP contribution in [0, 0.1) is 0 Å². The first-order chi connectivity index (χ1) is 9.63. The Hall–Kier alpha value is -2.43. The van der Waals surface area contributed by atoms with E-state index in [0.29, 0.717) is 24.0 Å². The first-order valence-electron chi connectivity index (χ1n) is 6.41. The number of carbonyl (C=O) groups excluding carboxylic acids is 2. The zero-order valence-corrected chi connectivity index (χ0v) is 11.5. The van der Waals surface area contributed by atoms with Crippen LogP contribution in [0.1, 0.15) is 39.3 Å². The molecule has 1 unspecified atom stereocenters. The molecule has 0 spiro atoms. The topological polar surface area (TPSA) is 66.1 Å². The number of imidazole rings is 1. The van der Waals surface area contributed by atoms with Crippen LogP contribution in [-0.2, 0) is 0 Å². The number of H-pyrrole nitrogens is 1. The average molecular weight is 271 g/mol. The first-order valence-corrected chi connectivity index (χ1v) is 6.41. The third kappa shape index (κ3) is 2.93. The number of aromatic amines is 1. The van der Waals surface area contributed by atoms with Crippen LogP contribution < -0.4 is 0 Å². The first kappa shape index (κ1) is 14.0. The Bertz CT molecular complexity index is 593. The van der Waals surface area contributed by atoms with E-state index in [9.17, 15) is 9.59 Å². The average Bonchev–Trinajstić information content (AvgIpc) is 3.00. The third-order valence-electron chi connectivity index (χ3n) is 3.26. The quantitative estimate of drug-likeness (QED) is 0.847. The van der Waals surface area contributed by atoms with E-state index < -0.39 is 0 Å². The highest BCUT2D eigenvalue weighted by Gasteiger charge is 2.18. The molecule has 0 saturated heterocycles. The number of hydrogen-bond acceptors (Lipinski definition) is 3. The number of benzene rings is 1. The lowest BCUT2D eigenvalue weighted by Crippen LogP contribution is -2.31. The second-order valence-electron chi connectivity index (χ2n) is 4.80. The number of aldehydes is 1. The number of nitrogens with zero attached hydrogens (tertiary/aromatic N) is 2. The van der Waals surface area contributed by atoms with Gasteiger partial charge in [-0.3, -0.25) is 9.59 Å². The molecule has 1 N–H and O–H groups in total. The normalized spacial score (nSPS) is 11.9. The van der Waals surface area contributed by atoms with Gasteiger partial charge >= 0.3 is 0 Å². The van der Waals surface area contributed by atoms with Crippen molar-refractivity contribution in [1.82, 2.24) is 14.9 Å². The fourth-order valence-electron chi connectivity index (χ4n) is 2.13. The van der Waals surface area contributed by atoms with Crippen molar-refractivity contribution in [3.05, 3.63) is 53.6 Å². The summed E-state index contributed by atoms with van der Waals surface area (Å²) in [4.78, 5) is 32.0. The van der Waals surface area contributed by atoms with Crippen molar-refractivity contribution in [2.24, 2.45) is 0 Å². The van der Waals surface area contributed by atoms with Crippen LogP contribution in [0.5, 0.6) is 0 Å². The van der Waals surface area contributed by atoms with Gasteiger partial charge in [0.2, 0.25) is 0 Å². The Morgan fingerprint density at radius 1 is 1.45 bits per heavy atom. The van der Waals surface area contributed by atoms with Crippen LogP contribution in [0.25, 0.3) is 0 Å². The highest BCUT2D eigenvalue weighted by Crippen LogP contribution is 2.15. The van der Waals surface area contributed by atoms with Crippen molar-refractivity contribution in [3.8, 4) is 0 Å². The molecule has 0 saturated carbocycles. The number of aromatic nitrogens is 2. The molecule has 104 valence electrons. The molecule has 1 amide bonds. The summed E-state index contributed by atoms with van der Waals surface area (Å²) in [6, 6.07) is 6.82. The molecule has 1 atom stereocenters. The highest BCUT2D eigenvalue weighted by molar-refractivity contribution is 6.01. The fraction of sp³-hybridized carbons (Fsp3) is 0.267. The molecular weight excluding hydrogens is 254 g/mol. The van der Waals surface area contributed by atoms with Gasteiger partial charge in [-0.05, 0) is 6.07 Å². The summed E-state index contributed by atoms with van der Waals surface area (Å²) in [6.07, 6.45) is 4.08. The Morgan fingerprint density at radius 2 is 2.20 bits per heavy atom. The van der Waals surface area contributed by atoms with Crippen molar-refractivity contribution < 1.29 is 9.59 Å². The SMILES string of the molecule is CC(CN(C)C(=O)c1ccccc1C=O)c1cnc[nH]1. The van der Waals surface area contributed by atoms with E-state index in [1.165, 1.54) is 0 Å². The highest BCUT2D eigenvalue weighted by atomic mass is 16.2. The van der Waals surface area contributed by atoms with Gasteiger partial charge in [-0.25, -0.2) is 4.98 Å². The summed E-state index contributed by atoms with van der Waals surface area (Å²) in [5, 5.41) is 0. The number of likely N-dealkylation sites (N-methyl/N-ethyl adjacent to an activating group) is 1. The minimum atomic E-state index is -0.154. The number of amides is 1. The fourth-order valence-corrected chi connectivity index (χ4v) is 2.13. The molecule has 20 heavy (non-hydrogen) atoms. The van der Waals surface area contributed by atoms with Gasteiger partial charge in [-0.1, -0.05) is 25.1 Å². The monoisotopic (exact) mass is 271 g/mol. The third-order valence-corrected chi connectivity index (χ3v) is 3.26. The van der Waals surface area contributed by atoms with Crippen LogP contribution in [0.3, 0.4) is 0 Å². The van der Waals surface area contributed by atoms with Gasteiger partial charge in [0.05, 0.1) is 11.9 Å². The van der Waals surface area contributed by atoms with E-state index in [0.717, 1.165) is 5.69 Å². The Labute approximate surface area is 117 Å². The minimum Gasteiger partial charge on any atom is -0.348 e. The van der Waals surface area contributed by atoms with Crippen molar-refractivity contribution in [3.63, 3.8) is 0 Å². The standard InChI is InChI=1S/C15H17N3O2/c1-11(14-7-16-10-17-14)8-18(2)15(20)13-6-4-3-5-12(13)9-19/h3-7,9-11H,8H2,1-2H3,(H,16,17). The zero-order valence-electron chi connectivity index (χ0n) is 11.5. The molecule has 0 fully saturated rings. The van der Waals surface area contributed by atoms with E-state index in [1.807, 2.05) is 6.92 Å². The van der Waals surface area contributed by atoms with Crippen molar-refractivity contribution >= 4 is 12.2 Å². The molecule has 0 aliphatic rings. The molecule has 1 aromatic carbocycles. The lowest BCUT2D eigenvalue weighted by molar-refractivity contribution is 0.0784. The van der Waals surface area contributed by atoms with Crippen LogP contribution in [-0.4, -0.2) is 40.7 Å². The Morgan fingerprint density at radius 3 is 2.85 bits per heavy atom. The van der Waals surface area contributed by atoms with Gasteiger partial charge in [-0.2, -0.15) is 0 Å². The van der Waals surface area contributed by atoms with Gasteiger partial charge in [-0.15, -0.1) is 0 Å². The van der Waals surface area contributed by atoms with E-state index in [-0.39, 0.29) is 11.8 Å². The molecule has 0 radical (unpaired) electrons. The Kier molecular flexibility index (Phi) is 4.30. The summed E-state index contributed by atoms with van der Waals surface area (Å²) < 4.78 is 0. The van der Waals surface area contributed by atoms with E-state index in [2.05, 4.69) is 9.97 Å². The predicted octanol–water partition coefficient (Wildman–Crippen LogP) is 2.10. The van der Waals surface area contributed by atoms with Crippen molar-refractivity contribution in [2.45, 2.75) is 12.8 Å². The molecule has 2 aromatic rings. The molecule has 0 aliphatic heterocycles. The van der Waals surface area contributed by atoms with Gasteiger partial charge < -0.3 is 9.88 Å². The molecule has 1 heterocycles. The van der Waals surface area contributed by atoms with Crippen LogP contribution in [0.15, 0.2) is 36.8 Å². The second kappa shape index (κ2) is 6.14. The van der Waals surface area contributed by atoms with Crippen molar-refractivity contribution in [2.75, 3.05) is 13.6 Å². The van der Waals surface area contributed by atoms with E-state index >= 15 is 0 Å². The maximum atomic E-state index is 12.4. The maximum absolute atomic E-state index is 12.4. The second-order valence-corrected chi connectivity index (χ2v) is 4.80. The summed E-state index contributed by atoms with van der Waals surface area (Å²) >= 11 is 0. The van der Waals surface area contributed by atoms with Gasteiger partial charge in [0, 0.05) is 37.0 Å². The predicted molar refractivity (Wildman–Crippen MR) is 75.8 cm³/mol. The van der Waals surface area contributed by atoms with Crippen LogP contribution in [0.4, 0.5) is 0 Å². The molecule has 0 bridgehead atoms. The molecular formula is C15H17N3O2. The Balaban J connectivity index is 2.11. The summed E-state index contributed by atoms with van der Waals surface area (Å²) in [5.41, 5.74) is 1.83. The van der Waals surface area contributed by atoms with Gasteiger partial charge in [0.25, 0.3) is 5.91 Å². The lowest BCUT2D eigenvalue weighted by atomic mass is 10.1. The molecule has 0 aliphatic carbocycles.